The minimum absolute atomic E-state index is 0.171. The molecule has 0 fully saturated rings. The number of hydrogen-bond acceptors (Lipinski definition) is 4. The maximum absolute atomic E-state index is 14.2. The Bertz CT molecular complexity index is 1200. The Morgan fingerprint density at radius 1 is 1.19 bits per heavy atom. The zero-order valence-corrected chi connectivity index (χ0v) is 17.6. The number of pyridine rings is 1. The first-order chi connectivity index (χ1) is 15.4. The number of carbonyl (C=O) groups is 2. The topological polar surface area (TPSA) is 71.5 Å². The minimum atomic E-state index is -0.883. The number of hydrogen-bond donors (Lipinski definition) is 1. The molecule has 1 aliphatic heterocycles. The van der Waals surface area contributed by atoms with Gasteiger partial charge in [0.1, 0.15) is 11.6 Å². The summed E-state index contributed by atoms with van der Waals surface area (Å²) in [5, 5.41) is 2.58. The first-order valence-corrected chi connectivity index (χ1v) is 10.0. The molecule has 0 spiro atoms. The van der Waals surface area contributed by atoms with Gasteiger partial charge in [-0.2, -0.15) is 0 Å². The standard InChI is InChI=1S/C24H21F2N3O3/c1-27-23(30)15-5-3-14(4-6-15)9-17-10-19-16(11-21(17)32-2)7-8-29(24(19)31)22-20(26)12-18(25)13-28-22/h3-6,10-13H,7-9H2,1-2H3,(H,27,30). The fourth-order valence-electron chi connectivity index (χ4n) is 3.83. The van der Waals surface area contributed by atoms with E-state index in [9.17, 15) is 18.4 Å². The molecule has 0 bridgehead atoms. The molecule has 0 unspecified atom stereocenters. The molecule has 1 aliphatic rings. The van der Waals surface area contributed by atoms with E-state index in [2.05, 4.69) is 10.3 Å². The number of nitrogens with one attached hydrogen (secondary N) is 1. The number of fused-ring (bicyclic) bond motifs is 1. The number of anilines is 1. The molecule has 4 rings (SSSR count). The van der Waals surface area contributed by atoms with Gasteiger partial charge in [0, 0.05) is 37.2 Å². The highest BCUT2D eigenvalue weighted by atomic mass is 19.1. The largest absolute Gasteiger partial charge is 0.496 e. The summed E-state index contributed by atoms with van der Waals surface area (Å²) in [7, 11) is 3.14. The van der Waals surface area contributed by atoms with Crippen LogP contribution in [0.3, 0.4) is 0 Å². The SMILES string of the molecule is CNC(=O)c1ccc(Cc2cc3c(cc2OC)CCN(c2ncc(F)cc2F)C3=O)cc1. The van der Waals surface area contributed by atoms with Gasteiger partial charge >= 0.3 is 0 Å². The first-order valence-electron chi connectivity index (χ1n) is 10.0. The molecule has 2 heterocycles. The third-order valence-electron chi connectivity index (χ3n) is 5.47. The van der Waals surface area contributed by atoms with Gasteiger partial charge in [-0.3, -0.25) is 14.5 Å². The van der Waals surface area contributed by atoms with Crippen molar-refractivity contribution in [3.8, 4) is 5.75 Å². The predicted molar refractivity (Wildman–Crippen MR) is 115 cm³/mol. The Morgan fingerprint density at radius 3 is 2.59 bits per heavy atom. The van der Waals surface area contributed by atoms with Crippen molar-refractivity contribution >= 4 is 17.6 Å². The molecular weight excluding hydrogens is 416 g/mol. The molecule has 1 N–H and O–H groups in total. The maximum Gasteiger partial charge on any atom is 0.259 e. The number of ether oxygens (including phenoxy) is 1. The second-order valence-corrected chi connectivity index (χ2v) is 7.44. The molecule has 3 aromatic rings. The number of rotatable bonds is 5. The Morgan fingerprint density at radius 2 is 1.94 bits per heavy atom. The van der Waals surface area contributed by atoms with Gasteiger partial charge in [-0.15, -0.1) is 0 Å². The second kappa shape index (κ2) is 8.74. The van der Waals surface area contributed by atoms with E-state index < -0.39 is 17.5 Å². The Balaban J connectivity index is 1.66. The van der Waals surface area contributed by atoms with Gasteiger partial charge in [0.15, 0.2) is 11.6 Å². The van der Waals surface area contributed by atoms with Gasteiger partial charge in [0.2, 0.25) is 0 Å². The second-order valence-electron chi connectivity index (χ2n) is 7.44. The lowest BCUT2D eigenvalue weighted by Crippen LogP contribution is -2.39. The highest BCUT2D eigenvalue weighted by Crippen LogP contribution is 2.31. The average molecular weight is 437 g/mol. The summed E-state index contributed by atoms with van der Waals surface area (Å²) < 4.78 is 33.0. The summed E-state index contributed by atoms with van der Waals surface area (Å²) in [4.78, 5) is 29.9. The van der Waals surface area contributed by atoms with Crippen LogP contribution in [-0.4, -0.2) is 37.5 Å². The van der Waals surface area contributed by atoms with Crippen molar-refractivity contribution < 1.29 is 23.1 Å². The number of halogens is 2. The number of methoxy groups -OCH3 is 1. The summed E-state index contributed by atoms with van der Waals surface area (Å²) in [6.45, 7) is 0.227. The predicted octanol–water partition coefficient (Wildman–Crippen LogP) is 3.52. The van der Waals surface area contributed by atoms with E-state index in [1.807, 2.05) is 18.2 Å². The zero-order chi connectivity index (χ0) is 22.8. The number of benzene rings is 2. The van der Waals surface area contributed by atoms with Gasteiger partial charge in [0.05, 0.1) is 13.3 Å². The van der Waals surface area contributed by atoms with Crippen molar-refractivity contribution in [1.29, 1.82) is 0 Å². The van der Waals surface area contributed by atoms with Gasteiger partial charge in [-0.1, -0.05) is 12.1 Å². The van der Waals surface area contributed by atoms with Crippen LogP contribution in [0.4, 0.5) is 14.6 Å². The van der Waals surface area contributed by atoms with E-state index in [0.717, 1.165) is 22.9 Å². The van der Waals surface area contributed by atoms with Crippen molar-refractivity contribution in [1.82, 2.24) is 10.3 Å². The summed E-state index contributed by atoms with van der Waals surface area (Å²) >= 11 is 0. The van der Waals surface area contributed by atoms with Crippen LogP contribution in [0, 0.1) is 11.6 Å². The van der Waals surface area contributed by atoms with Crippen LogP contribution in [0.2, 0.25) is 0 Å². The lowest BCUT2D eigenvalue weighted by Gasteiger charge is -2.29. The van der Waals surface area contributed by atoms with E-state index in [0.29, 0.717) is 35.8 Å². The van der Waals surface area contributed by atoms with E-state index >= 15 is 0 Å². The highest BCUT2D eigenvalue weighted by Gasteiger charge is 2.29. The Kier molecular flexibility index (Phi) is 5.85. The maximum atomic E-state index is 14.2. The summed E-state index contributed by atoms with van der Waals surface area (Å²) in [5.41, 5.74) is 3.49. The van der Waals surface area contributed by atoms with Crippen LogP contribution in [0.15, 0.2) is 48.7 Å². The molecule has 164 valence electrons. The van der Waals surface area contributed by atoms with Crippen LogP contribution in [0.1, 0.15) is 37.4 Å². The van der Waals surface area contributed by atoms with E-state index in [-0.39, 0.29) is 18.3 Å². The third kappa shape index (κ3) is 4.03. The molecule has 2 aromatic carbocycles. The smallest absolute Gasteiger partial charge is 0.259 e. The summed E-state index contributed by atoms with van der Waals surface area (Å²) in [6, 6.07) is 11.4. The average Bonchev–Trinajstić information content (AvgIpc) is 2.80. The molecule has 0 radical (unpaired) electrons. The molecule has 32 heavy (non-hydrogen) atoms. The summed E-state index contributed by atoms with van der Waals surface area (Å²) in [6.07, 6.45) is 1.85. The van der Waals surface area contributed by atoms with Crippen LogP contribution >= 0.6 is 0 Å². The van der Waals surface area contributed by atoms with E-state index in [1.54, 1.807) is 32.4 Å². The molecule has 8 heteroatoms. The van der Waals surface area contributed by atoms with E-state index in [4.69, 9.17) is 4.74 Å². The minimum Gasteiger partial charge on any atom is -0.496 e. The number of nitrogens with zero attached hydrogens (tertiary/aromatic N) is 2. The van der Waals surface area contributed by atoms with Crippen molar-refractivity contribution in [2.75, 3.05) is 25.6 Å². The van der Waals surface area contributed by atoms with Crippen molar-refractivity contribution in [2.24, 2.45) is 0 Å². The molecule has 6 nitrogen and oxygen atoms in total. The molecule has 2 amide bonds. The highest BCUT2D eigenvalue weighted by molar-refractivity contribution is 6.08. The lowest BCUT2D eigenvalue weighted by molar-refractivity contribution is 0.0959. The quantitative estimate of drug-likeness (QED) is 0.663. The fraction of sp³-hybridized carbons (Fsp3) is 0.208. The van der Waals surface area contributed by atoms with Crippen molar-refractivity contribution in [3.05, 3.63) is 88.1 Å². The van der Waals surface area contributed by atoms with Gasteiger partial charge in [0.25, 0.3) is 11.8 Å². The molecular formula is C24H21F2N3O3. The fourth-order valence-corrected chi connectivity index (χ4v) is 3.83. The van der Waals surface area contributed by atoms with Crippen molar-refractivity contribution in [2.45, 2.75) is 12.8 Å². The molecule has 0 aliphatic carbocycles. The number of carbonyl (C=O) groups excluding carboxylic acids is 2. The molecule has 1 aromatic heterocycles. The molecule has 0 saturated carbocycles. The van der Waals surface area contributed by atoms with E-state index in [1.165, 1.54) is 4.90 Å². The Labute approximate surface area is 183 Å². The van der Waals surface area contributed by atoms with Crippen LogP contribution in [-0.2, 0) is 12.8 Å². The first kappa shape index (κ1) is 21.4. The van der Waals surface area contributed by atoms with Gasteiger partial charge in [-0.05, 0) is 47.4 Å². The van der Waals surface area contributed by atoms with Crippen LogP contribution in [0.25, 0.3) is 0 Å². The zero-order valence-electron chi connectivity index (χ0n) is 17.6. The van der Waals surface area contributed by atoms with Gasteiger partial charge < -0.3 is 10.1 Å². The molecule has 0 atom stereocenters. The summed E-state index contributed by atoms with van der Waals surface area (Å²) in [5.74, 6) is -1.80. The molecule has 0 saturated heterocycles. The van der Waals surface area contributed by atoms with Crippen molar-refractivity contribution in [3.63, 3.8) is 0 Å². The number of aromatic nitrogens is 1. The third-order valence-corrected chi connectivity index (χ3v) is 5.47. The number of amides is 2. The Hall–Kier alpha value is -3.81. The van der Waals surface area contributed by atoms with Crippen LogP contribution in [0.5, 0.6) is 5.75 Å². The normalized spacial score (nSPS) is 13.0. The van der Waals surface area contributed by atoms with Gasteiger partial charge in [-0.25, -0.2) is 13.8 Å². The monoisotopic (exact) mass is 437 g/mol. The lowest BCUT2D eigenvalue weighted by atomic mass is 9.93. The van der Waals surface area contributed by atoms with Crippen LogP contribution < -0.4 is 15.0 Å².